The number of hydrogen-bond donors (Lipinski definition) is 2. The van der Waals surface area contributed by atoms with E-state index in [9.17, 15) is 9.90 Å². The number of anilines is 1. The van der Waals surface area contributed by atoms with Crippen molar-refractivity contribution < 1.29 is 14.6 Å². The number of phenolic OH excluding ortho intramolecular Hbond substituents is 1. The molecule has 96 valence electrons. The highest BCUT2D eigenvalue weighted by Crippen LogP contribution is 2.28. The van der Waals surface area contributed by atoms with E-state index in [0.717, 1.165) is 0 Å². The second-order valence-corrected chi connectivity index (χ2v) is 3.77. The number of carbonyl (C=O) groups excluding carboxylic acids is 1. The van der Waals surface area contributed by atoms with Crippen molar-refractivity contribution in [1.29, 1.82) is 5.26 Å². The number of phenols is 1. The Balaban J connectivity index is 2.74. The summed E-state index contributed by atoms with van der Waals surface area (Å²) in [4.78, 5) is 11.8. The summed E-state index contributed by atoms with van der Waals surface area (Å²) in [6.07, 6.45) is 1.39. The summed E-state index contributed by atoms with van der Waals surface area (Å²) in [5.41, 5.74) is 6.28. The molecule has 1 aromatic heterocycles. The summed E-state index contributed by atoms with van der Waals surface area (Å²) in [6, 6.07) is 8.30. The van der Waals surface area contributed by atoms with Gasteiger partial charge in [-0.15, -0.1) is 0 Å². The van der Waals surface area contributed by atoms with Crippen molar-refractivity contribution in [3.63, 3.8) is 0 Å². The van der Waals surface area contributed by atoms with Crippen LogP contribution >= 0.6 is 0 Å². The van der Waals surface area contributed by atoms with Gasteiger partial charge in [0.25, 0.3) is 0 Å². The minimum absolute atomic E-state index is 0.0144. The Bertz CT molecular complexity index is 683. The zero-order valence-electron chi connectivity index (χ0n) is 10.1. The SMILES string of the molecule is COC(=O)c1c(N)c(C#N)cn1-c1ccccc1O. The van der Waals surface area contributed by atoms with Crippen LogP contribution in [0, 0.1) is 11.3 Å². The number of nitriles is 1. The minimum atomic E-state index is -0.678. The van der Waals surface area contributed by atoms with Crippen molar-refractivity contribution in [3.05, 3.63) is 41.7 Å². The first kappa shape index (κ1) is 12.5. The number of ether oxygens (including phenoxy) is 1. The fourth-order valence-electron chi connectivity index (χ4n) is 1.77. The molecule has 1 aromatic carbocycles. The number of hydrogen-bond acceptors (Lipinski definition) is 5. The summed E-state index contributed by atoms with van der Waals surface area (Å²) in [5.74, 6) is -0.714. The molecule has 0 spiro atoms. The lowest BCUT2D eigenvalue weighted by Crippen LogP contribution is -2.11. The molecule has 0 fully saturated rings. The van der Waals surface area contributed by atoms with Gasteiger partial charge in [-0.1, -0.05) is 12.1 Å². The smallest absolute Gasteiger partial charge is 0.357 e. The van der Waals surface area contributed by atoms with Crippen molar-refractivity contribution in [1.82, 2.24) is 4.57 Å². The number of nitrogens with two attached hydrogens (primary N) is 1. The lowest BCUT2D eigenvalue weighted by Gasteiger charge is -2.09. The average Bonchev–Trinajstić information content (AvgIpc) is 2.75. The lowest BCUT2D eigenvalue weighted by molar-refractivity contribution is 0.0593. The Labute approximate surface area is 109 Å². The second-order valence-electron chi connectivity index (χ2n) is 3.77. The molecule has 3 N–H and O–H groups in total. The number of para-hydroxylation sites is 2. The number of aromatic nitrogens is 1. The largest absolute Gasteiger partial charge is 0.506 e. The Morgan fingerprint density at radius 1 is 1.47 bits per heavy atom. The zero-order chi connectivity index (χ0) is 14.0. The molecule has 0 saturated heterocycles. The standard InChI is InChI=1S/C13H11N3O3/c1-19-13(18)12-11(15)8(6-14)7-16(12)9-4-2-3-5-10(9)17/h2-5,7,17H,15H2,1H3. The molecule has 0 aliphatic rings. The van der Waals surface area contributed by atoms with Crippen LogP contribution in [0.25, 0.3) is 5.69 Å². The van der Waals surface area contributed by atoms with Gasteiger partial charge >= 0.3 is 5.97 Å². The molecule has 0 aliphatic heterocycles. The molecule has 0 atom stereocenters. The summed E-state index contributed by atoms with van der Waals surface area (Å²) >= 11 is 0. The van der Waals surface area contributed by atoms with Gasteiger partial charge in [-0.05, 0) is 12.1 Å². The second kappa shape index (κ2) is 4.74. The number of rotatable bonds is 2. The molecule has 0 unspecified atom stereocenters. The van der Waals surface area contributed by atoms with Gasteiger partial charge < -0.3 is 20.1 Å². The molecule has 2 rings (SSSR count). The van der Waals surface area contributed by atoms with Gasteiger partial charge in [-0.2, -0.15) is 5.26 Å². The number of nitrogens with zero attached hydrogens (tertiary/aromatic N) is 2. The van der Waals surface area contributed by atoms with Crippen molar-refractivity contribution in [2.75, 3.05) is 12.8 Å². The van der Waals surface area contributed by atoms with Crippen LogP contribution in [-0.4, -0.2) is 22.8 Å². The van der Waals surface area contributed by atoms with E-state index in [1.165, 1.54) is 23.9 Å². The molecule has 0 bridgehead atoms. The average molecular weight is 257 g/mol. The molecule has 6 heteroatoms. The quantitative estimate of drug-likeness (QED) is 0.792. The van der Waals surface area contributed by atoms with Crippen LogP contribution in [0.2, 0.25) is 0 Å². The Morgan fingerprint density at radius 2 is 2.16 bits per heavy atom. The monoisotopic (exact) mass is 257 g/mol. The van der Waals surface area contributed by atoms with Gasteiger partial charge in [0, 0.05) is 6.20 Å². The van der Waals surface area contributed by atoms with E-state index in [4.69, 9.17) is 11.0 Å². The van der Waals surface area contributed by atoms with E-state index < -0.39 is 5.97 Å². The van der Waals surface area contributed by atoms with Gasteiger partial charge in [0.1, 0.15) is 11.8 Å². The molecule has 19 heavy (non-hydrogen) atoms. The van der Waals surface area contributed by atoms with E-state index >= 15 is 0 Å². The Kier molecular flexibility index (Phi) is 3.12. The van der Waals surface area contributed by atoms with Crippen LogP contribution in [-0.2, 0) is 4.74 Å². The molecule has 0 aliphatic carbocycles. The molecule has 6 nitrogen and oxygen atoms in total. The maximum absolute atomic E-state index is 11.8. The van der Waals surface area contributed by atoms with Gasteiger partial charge in [-0.3, -0.25) is 0 Å². The maximum atomic E-state index is 11.8. The zero-order valence-corrected chi connectivity index (χ0v) is 10.1. The Morgan fingerprint density at radius 3 is 2.74 bits per heavy atom. The van der Waals surface area contributed by atoms with Crippen molar-refractivity contribution in [2.24, 2.45) is 0 Å². The highest BCUT2D eigenvalue weighted by molar-refractivity contribution is 5.96. The third-order valence-electron chi connectivity index (χ3n) is 2.68. The summed E-state index contributed by atoms with van der Waals surface area (Å²) < 4.78 is 5.99. The first-order valence-corrected chi connectivity index (χ1v) is 5.37. The van der Waals surface area contributed by atoms with Crippen molar-refractivity contribution in [2.45, 2.75) is 0 Å². The minimum Gasteiger partial charge on any atom is -0.506 e. The van der Waals surface area contributed by atoms with Crippen LogP contribution < -0.4 is 5.73 Å². The van der Waals surface area contributed by atoms with E-state index in [1.54, 1.807) is 18.2 Å². The highest BCUT2D eigenvalue weighted by Gasteiger charge is 2.22. The number of carbonyl (C=O) groups is 1. The van der Waals surface area contributed by atoms with E-state index in [1.807, 2.05) is 6.07 Å². The van der Waals surface area contributed by atoms with Gasteiger partial charge in [-0.25, -0.2) is 4.79 Å². The van der Waals surface area contributed by atoms with E-state index in [-0.39, 0.29) is 22.7 Å². The van der Waals surface area contributed by atoms with Crippen LogP contribution in [0.4, 0.5) is 5.69 Å². The molecule has 0 saturated carbocycles. The highest BCUT2D eigenvalue weighted by atomic mass is 16.5. The third kappa shape index (κ3) is 1.98. The lowest BCUT2D eigenvalue weighted by atomic mass is 10.2. The van der Waals surface area contributed by atoms with Gasteiger partial charge in [0.05, 0.1) is 24.0 Å². The van der Waals surface area contributed by atoms with Crippen molar-refractivity contribution in [3.8, 4) is 17.5 Å². The van der Waals surface area contributed by atoms with Gasteiger partial charge in [0.2, 0.25) is 0 Å². The number of benzene rings is 1. The van der Waals surface area contributed by atoms with E-state index in [2.05, 4.69) is 4.74 Å². The summed E-state index contributed by atoms with van der Waals surface area (Å²) in [6.45, 7) is 0. The van der Waals surface area contributed by atoms with Crippen LogP contribution in [0.1, 0.15) is 16.1 Å². The topological polar surface area (TPSA) is 101 Å². The summed E-state index contributed by atoms with van der Waals surface area (Å²) in [5, 5.41) is 18.8. The third-order valence-corrected chi connectivity index (χ3v) is 2.68. The fourth-order valence-corrected chi connectivity index (χ4v) is 1.77. The molecule has 0 amide bonds. The number of methoxy groups -OCH3 is 1. The fraction of sp³-hybridized carbons (Fsp3) is 0.0769. The number of aromatic hydroxyl groups is 1. The van der Waals surface area contributed by atoms with Crippen molar-refractivity contribution >= 4 is 11.7 Å². The molecule has 0 radical (unpaired) electrons. The predicted molar refractivity (Wildman–Crippen MR) is 67.9 cm³/mol. The molecule has 2 aromatic rings. The first-order valence-electron chi connectivity index (χ1n) is 5.37. The molecular weight excluding hydrogens is 246 g/mol. The van der Waals surface area contributed by atoms with E-state index in [0.29, 0.717) is 5.69 Å². The predicted octanol–water partition coefficient (Wildman–Crippen LogP) is 1.42. The summed E-state index contributed by atoms with van der Waals surface area (Å²) in [7, 11) is 1.22. The van der Waals surface area contributed by atoms with Crippen LogP contribution in [0.15, 0.2) is 30.5 Å². The van der Waals surface area contributed by atoms with Crippen LogP contribution in [0.5, 0.6) is 5.75 Å². The first-order chi connectivity index (χ1) is 9.10. The Hall–Kier alpha value is -2.94. The normalized spacial score (nSPS) is 9.89. The van der Waals surface area contributed by atoms with Crippen LogP contribution in [0.3, 0.4) is 0 Å². The number of nitrogen functional groups attached to an aromatic ring is 1. The van der Waals surface area contributed by atoms with Gasteiger partial charge in [0.15, 0.2) is 5.69 Å². The maximum Gasteiger partial charge on any atom is 0.357 e. The molecular formula is C13H11N3O3. The number of esters is 1. The molecule has 1 heterocycles.